The highest BCUT2D eigenvalue weighted by Crippen LogP contribution is 2.41. The molecule has 0 aliphatic carbocycles. The van der Waals surface area contributed by atoms with E-state index in [0.29, 0.717) is 26.4 Å². The van der Waals surface area contributed by atoms with E-state index in [4.69, 9.17) is 14.2 Å². The molecule has 0 amide bonds. The molecule has 9 heteroatoms. The minimum Gasteiger partial charge on any atom is -0.479 e. The summed E-state index contributed by atoms with van der Waals surface area (Å²) < 4.78 is 54.9. The number of methoxy groups -OCH3 is 1. The summed E-state index contributed by atoms with van der Waals surface area (Å²) in [4.78, 5) is 1.50. The van der Waals surface area contributed by atoms with Gasteiger partial charge in [-0.1, -0.05) is 0 Å². The zero-order chi connectivity index (χ0) is 16.6. The topological polar surface area (TPSA) is 59.6 Å². The van der Waals surface area contributed by atoms with Crippen LogP contribution in [0.2, 0.25) is 0 Å². The van der Waals surface area contributed by atoms with Crippen molar-refractivity contribution >= 4 is 5.82 Å². The molecule has 1 heterocycles. The van der Waals surface area contributed by atoms with Crippen molar-refractivity contribution in [3.8, 4) is 5.88 Å². The van der Waals surface area contributed by atoms with Gasteiger partial charge in [-0.25, -0.2) is 0 Å². The molecule has 0 saturated carbocycles. The van der Waals surface area contributed by atoms with Gasteiger partial charge in [0.25, 0.3) is 0 Å². The van der Waals surface area contributed by atoms with Gasteiger partial charge in [-0.15, -0.1) is 5.10 Å². The van der Waals surface area contributed by atoms with Crippen LogP contribution in [0.25, 0.3) is 0 Å². The van der Waals surface area contributed by atoms with Crippen molar-refractivity contribution < 1.29 is 27.4 Å². The second-order valence-corrected chi connectivity index (χ2v) is 4.34. The molecule has 1 rings (SSSR count). The van der Waals surface area contributed by atoms with E-state index in [2.05, 4.69) is 10.2 Å². The molecule has 0 aromatic carbocycles. The number of rotatable bonds is 10. The number of aromatic nitrogens is 2. The number of halogens is 3. The Bertz CT molecular complexity index is 428. The van der Waals surface area contributed by atoms with Crippen molar-refractivity contribution in [2.45, 2.75) is 20.0 Å². The second kappa shape index (κ2) is 8.84. The summed E-state index contributed by atoms with van der Waals surface area (Å²) in [6.07, 6.45) is -4.57. The number of nitrogens with one attached hydrogen (secondary N) is 1. The molecular weight excluding hydrogens is 303 g/mol. The van der Waals surface area contributed by atoms with E-state index in [-0.39, 0.29) is 18.9 Å². The quantitative estimate of drug-likeness (QED) is 0.669. The molecule has 0 atom stereocenters. The third-order valence-electron chi connectivity index (χ3n) is 2.93. The van der Waals surface area contributed by atoms with Crippen molar-refractivity contribution in [2.75, 3.05) is 51.5 Å². The Labute approximate surface area is 127 Å². The molecule has 1 aromatic heterocycles. The van der Waals surface area contributed by atoms with Crippen LogP contribution in [0.4, 0.5) is 19.0 Å². The third-order valence-corrected chi connectivity index (χ3v) is 2.93. The molecule has 0 bridgehead atoms. The SMILES string of the molecule is CCOCCN(CCOCC)c1[nH]nc(OC)c1C(F)(F)F. The van der Waals surface area contributed by atoms with E-state index in [9.17, 15) is 13.2 Å². The normalized spacial score (nSPS) is 11.7. The predicted molar refractivity (Wildman–Crippen MR) is 75.3 cm³/mol. The van der Waals surface area contributed by atoms with Crippen molar-refractivity contribution in [2.24, 2.45) is 0 Å². The Morgan fingerprint density at radius 2 is 1.64 bits per heavy atom. The van der Waals surface area contributed by atoms with Crippen LogP contribution in [0.5, 0.6) is 5.88 Å². The zero-order valence-electron chi connectivity index (χ0n) is 13.0. The number of anilines is 1. The van der Waals surface area contributed by atoms with Crippen LogP contribution in [0.1, 0.15) is 19.4 Å². The Kier molecular flexibility index (Phi) is 7.46. The number of alkyl halides is 3. The molecule has 0 aliphatic rings. The zero-order valence-corrected chi connectivity index (χ0v) is 13.0. The summed E-state index contributed by atoms with van der Waals surface area (Å²) in [5.74, 6) is -0.607. The molecule has 0 aliphatic heterocycles. The Hall–Kier alpha value is -1.48. The monoisotopic (exact) mass is 325 g/mol. The molecule has 6 nitrogen and oxygen atoms in total. The molecule has 0 radical (unpaired) electrons. The van der Waals surface area contributed by atoms with Gasteiger partial charge in [0.2, 0.25) is 5.88 Å². The van der Waals surface area contributed by atoms with E-state index in [1.807, 2.05) is 13.8 Å². The number of hydrogen-bond acceptors (Lipinski definition) is 5. The first-order chi connectivity index (χ1) is 10.5. The van der Waals surface area contributed by atoms with Gasteiger partial charge in [-0.05, 0) is 13.8 Å². The summed E-state index contributed by atoms with van der Waals surface area (Å²) in [5, 5.41) is 5.99. The summed E-state index contributed by atoms with van der Waals surface area (Å²) >= 11 is 0. The molecular formula is C13H22F3N3O3. The highest BCUT2D eigenvalue weighted by atomic mass is 19.4. The maximum Gasteiger partial charge on any atom is 0.425 e. The lowest BCUT2D eigenvalue weighted by molar-refractivity contribution is -0.138. The highest BCUT2D eigenvalue weighted by Gasteiger charge is 2.41. The first kappa shape index (κ1) is 18.6. The summed E-state index contributed by atoms with van der Waals surface area (Å²) in [5.41, 5.74) is -0.914. The fourth-order valence-corrected chi connectivity index (χ4v) is 1.92. The van der Waals surface area contributed by atoms with E-state index in [1.54, 1.807) is 0 Å². The Balaban J connectivity index is 2.98. The van der Waals surface area contributed by atoms with Gasteiger partial charge in [-0.3, -0.25) is 5.10 Å². The van der Waals surface area contributed by atoms with E-state index in [1.165, 1.54) is 4.90 Å². The largest absolute Gasteiger partial charge is 0.479 e. The van der Waals surface area contributed by atoms with Gasteiger partial charge >= 0.3 is 6.18 Å². The maximum absolute atomic E-state index is 13.2. The van der Waals surface area contributed by atoms with Crippen LogP contribution in [-0.2, 0) is 15.7 Å². The maximum atomic E-state index is 13.2. The van der Waals surface area contributed by atoms with Crippen LogP contribution >= 0.6 is 0 Å². The standard InChI is InChI=1S/C13H22F3N3O3/c1-4-21-8-6-19(7-9-22-5-2)11-10(13(14,15)16)12(20-3)18-17-11/h4-9H2,1-3H3,(H,17,18). The lowest BCUT2D eigenvalue weighted by Gasteiger charge is -2.24. The van der Waals surface area contributed by atoms with Gasteiger partial charge in [0.1, 0.15) is 5.82 Å². The average molecular weight is 325 g/mol. The smallest absolute Gasteiger partial charge is 0.425 e. The van der Waals surface area contributed by atoms with Crippen LogP contribution in [-0.4, -0.2) is 56.8 Å². The Morgan fingerprint density at radius 3 is 2.05 bits per heavy atom. The van der Waals surface area contributed by atoms with Crippen molar-refractivity contribution in [1.82, 2.24) is 10.2 Å². The third kappa shape index (κ3) is 5.06. The fourth-order valence-electron chi connectivity index (χ4n) is 1.92. The number of ether oxygens (including phenoxy) is 3. The second-order valence-electron chi connectivity index (χ2n) is 4.34. The minimum absolute atomic E-state index is 0.135. The fraction of sp³-hybridized carbons (Fsp3) is 0.769. The first-order valence-electron chi connectivity index (χ1n) is 7.05. The lowest BCUT2D eigenvalue weighted by Crippen LogP contribution is -2.33. The molecule has 0 fully saturated rings. The summed E-state index contributed by atoms with van der Waals surface area (Å²) in [6, 6.07) is 0. The predicted octanol–water partition coefficient (Wildman–Crippen LogP) is 2.32. The van der Waals surface area contributed by atoms with E-state index in [0.717, 1.165) is 7.11 Å². The molecule has 1 N–H and O–H groups in total. The molecule has 0 saturated heterocycles. The van der Waals surface area contributed by atoms with Gasteiger partial charge in [0.15, 0.2) is 5.56 Å². The number of nitrogens with zero attached hydrogens (tertiary/aromatic N) is 2. The van der Waals surface area contributed by atoms with Crippen LogP contribution in [0, 0.1) is 0 Å². The molecule has 22 heavy (non-hydrogen) atoms. The van der Waals surface area contributed by atoms with Crippen molar-refractivity contribution in [1.29, 1.82) is 0 Å². The van der Waals surface area contributed by atoms with E-state index >= 15 is 0 Å². The van der Waals surface area contributed by atoms with Crippen molar-refractivity contribution in [3.63, 3.8) is 0 Å². The highest BCUT2D eigenvalue weighted by molar-refractivity contribution is 5.53. The summed E-state index contributed by atoms with van der Waals surface area (Å²) in [6.45, 7) is 5.83. The lowest BCUT2D eigenvalue weighted by atomic mass is 10.2. The van der Waals surface area contributed by atoms with Gasteiger partial charge in [0.05, 0.1) is 20.3 Å². The van der Waals surface area contributed by atoms with Crippen LogP contribution in [0.3, 0.4) is 0 Å². The van der Waals surface area contributed by atoms with Gasteiger partial charge < -0.3 is 19.1 Å². The summed E-state index contributed by atoms with van der Waals surface area (Å²) in [7, 11) is 1.15. The average Bonchev–Trinajstić information content (AvgIpc) is 2.90. The van der Waals surface area contributed by atoms with Crippen LogP contribution < -0.4 is 9.64 Å². The first-order valence-corrected chi connectivity index (χ1v) is 7.05. The number of hydrogen-bond donors (Lipinski definition) is 1. The molecule has 0 spiro atoms. The van der Waals surface area contributed by atoms with Crippen LogP contribution in [0.15, 0.2) is 0 Å². The number of aromatic amines is 1. The molecule has 128 valence electrons. The minimum atomic E-state index is -4.57. The Morgan fingerprint density at radius 1 is 1.09 bits per heavy atom. The number of H-pyrrole nitrogens is 1. The van der Waals surface area contributed by atoms with Crippen molar-refractivity contribution in [3.05, 3.63) is 5.56 Å². The van der Waals surface area contributed by atoms with E-state index < -0.39 is 17.6 Å². The molecule has 1 aromatic rings. The van der Waals surface area contributed by atoms with Gasteiger partial charge in [-0.2, -0.15) is 13.2 Å². The van der Waals surface area contributed by atoms with Gasteiger partial charge in [0, 0.05) is 26.3 Å². The molecule has 0 unspecified atom stereocenters.